The monoisotopic (exact) mass is 244 g/mol. The van der Waals surface area contributed by atoms with Gasteiger partial charge in [0.05, 0.1) is 18.9 Å². The molecular weight excluding hydrogens is 228 g/mol. The molecule has 0 aromatic heterocycles. The Labute approximate surface area is 98.9 Å². The second-order valence-electron chi connectivity index (χ2n) is 3.82. The Kier molecular flexibility index (Phi) is 5.95. The molecule has 6 nitrogen and oxygen atoms in total. The molecule has 0 saturated carbocycles. The van der Waals surface area contributed by atoms with Crippen LogP contribution in [0.5, 0.6) is 0 Å². The van der Waals surface area contributed by atoms with Crippen LogP contribution in [0.15, 0.2) is 11.1 Å². The minimum Gasteiger partial charge on any atom is -0.481 e. The standard InChI is InChI=1S/C11H16O6/c1-6(2)17-11(16)7(3)8(4-9(12)13)5-10(14)15/h6H,4-5H2,1-3H3,(H,12,13)(H,14,15). The number of carboxylic acid groups (broad SMARTS) is 2. The summed E-state index contributed by atoms with van der Waals surface area (Å²) in [7, 11) is 0. The average molecular weight is 244 g/mol. The van der Waals surface area contributed by atoms with Gasteiger partial charge in [-0.05, 0) is 26.3 Å². The Hall–Kier alpha value is -1.85. The molecule has 0 saturated heterocycles. The first-order valence-electron chi connectivity index (χ1n) is 5.07. The lowest BCUT2D eigenvalue weighted by Gasteiger charge is -2.11. The van der Waals surface area contributed by atoms with Crippen LogP contribution in [0, 0.1) is 0 Å². The zero-order chi connectivity index (χ0) is 13.6. The molecule has 0 rings (SSSR count). The highest BCUT2D eigenvalue weighted by Gasteiger charge is 2.18. The summed E-state index contributed by atoms with van der Waals surface area (Å²) >= 11 is 0. The SMILES string of the molecule is CC(C(=O)OC(C)C)=C(CC(=O)O)CC(=O)O. The summed E-state index contributed by atoms with van der Waals surface area (Å²) in [4.78, 5) is 32.6. The normalized spacial score (nSPS) is 9.88. The van der Waals surface area contributed by atoms with E-state index >= 15 is 0 Å². The summed E-state index contributed by atoms with van der Waals surface area (Å²) < 4.78 is 4.87. The second kappa shape index (κ2) is 6.67. The largest absolute Gasteiger partial charge is 0.481 e. The summed E-state index contributed by atoms with van der Waals surface area (Å²) in [6.45, 7) is 4.67. The van der Waals surface area contributed by atoms with Crippen molar-refractivity contribution in [2.45, 2.75) is 39.7 Å². The maximum atomic E-state index is 11.5. The topological polar surface area (TPSA) is 101 Å². The highest BCUT2D eigenvalue weighted by atomic mass is 16.5. The highest BCUT2D eigenvalue weighted by molar-refractivity contribution is 5.91. The molecule has 0 aliphatic rings. The van der Waals surface area contributed by atoms with Gasteiger partial charge in [0.2, 0.25) is 0 Å². The smallest absolute Gasteiger partial charge is 0.333 e. The van der Waals surface area contributed by atoms with Gasteiger partial charge in [-0.3, -0.25) is 9.59 Å². The summed E-state index contributed by atoms with van der Waals surface area (Å²) in [6.07, 6.45) is -1.30. The first-order valence-corrected chi connectivity index (χ1v) is 5.07. The fraction of sp³-hybridized carbons (Fsp3) is 0.545. The lowest BCUT2D eigenvalue weighted by atomic mass is 10.0. The van der Waals surface area contributed by atoms with Gasteiger partial charge in [0.15, 0.2) is 0 Å². The van der Waals surface area contributed by atoms with Gasteiger partial charge < -0.3 is 14.9 Å². The molecule has 0 bridgehead atoms. The van der Waals surface area contributed by atoms with Crippen molar-refractivity contribution < 1.29 is 29.3 Å². The molecule has 0 amide bonds. The van der Waals surface area contributed by atoms with Crippen molar-refractivity contribution in [3.63, 3.8) is 0 Å². The number of hydrogen-bond donors (Lipinski definition) is 2. The van der Waals surface area contributed by atoms with E-state index in [1.165, 1.54) is 6.92 Å². The van der Waals surface area contributed by atoms with Crippen molar-refractivity contribution in [1.82, 2.24) is 0 Å². The van der Waals surface area contributed by atoms with E-state index in [1.54, 1.807) is 13.8 Å². The quantitative estimate of drug-likeness (QED) is 0.538. The molecule has 0 heterocycles. The molecule has 0 aromatic rings. The number of esters is 1. The summed E-state index contributed by atoms with van der Waals surface area (Å²) in [5.74, 6) is -3.05. The zero-order valence-electron chi connectivity index (χ0n) is 10.0. The number of carbonyl (C=O) groups excluding carboxylic acids is 1. The van der Waals surface area contributed by atoms with E-state index < -0.39 is 30.7 Å². The summed E-state index contributed by atoms with van der Waals surface area (Å²) in [5, 5.41) is 17.3. The number of carboxylic acids is 2. The minimum absolute atomic E-state index is 0.0449. The molecule has 6 heteroatoms. The van der Waals surface area contributed by atoms with Gasteiger partial charge >= 0.3 is 17.9 Å². The predicted octanol–water partition coefficient (Wildman–Crippen LogP) is 1.20. The molecule has 0 radical (unpaired) electrons. The fourth-order valence-electron chi connectivity index (χ4n) is 1.14. The Morgan fingerprint density at radius 1 is 1.06 bits per heavy atom. The molecule has 0 atom stereocenters. The van der Waals surface area contributed by atoms with E-state index in [0.717, 1.165) is 0 Å². The van der Waals surface area contributed by atoms with Crippen molar-refractivity contribution in [3.05, 3.63) is 11.1 Å². The molecule has 0 spiro atoms. The number of ether oxygens (including phenoxy) is 1. The van der Waals surface area contributed by atoms with Crippen molar-refractivity contribution in [2.75, 3.05) is 0 Å². The van der Waals surface area contributed by atoms with Crippen LogP contribution in [0.3, 0.4) is 0 Å². The van der Waals surface area contributed by atoms with E-state index in [-0.39, 0.29) is 17.3 Å². The molecule has 0 aromatic carbocycles. The molecular formula is C11H16O6. The van der Waals surface area contributed by atoms with Gasteiger partial charge in [-0.2, -0.15) is 0 Å². The third-order valence-corrected chi connectivity index (χ3v) is 1.91. The maximum Gasteiger partial charge on any atom is 0.333 e. The first kappa shape index (κ1) is 15.2. The van der Waals surface area contributed by atoms with Crippen molar-refractivity contribution in [3.8, 4) is 0 Å². The zero-order valence-corrected chi connectivity index (χ0v) is 10.0. The van der Waals surface area contributed by atoms with E-state index in [0.29, 0.717) is 0 Å². The van der Waals surface area contributed by atoms with Crippen LogP contribution in [-0.2, 0) is 19.1 Å². The minimum atomic E-state index is -1.18. The second-order valence-corrected chi connectivity index (χ2v) is 3.82. The third-order valence-electron chi connectivity index (χ3n) is 1.91. The molecule has 2 N–H and O–H groups in total. The van der Waals surface area contributed by atoms with Gasteiger partial charge in [0.25, 0.3) is 0 Å². The summed E-state index contributed by atoms with van der Waals surface area (Å²) in [6, 6.07) is 0. The van der Waals surface area contributed by atoms with E-state index in [9.17, 15) is 14.4 Å². The molecule has 0 aliphatic heterocycles. The van der Waals surface area contributed by atoms with Crippen LogP contribution >= 0.6 is 0 Å². The lowest BCUT2D eigenvalue weighted by Crippen LogP contribution is -2.15. The first-order chi connectivity index (χ1) is 7.73. The number of hydrogen-bond acceptors (Lipinski definition) is 4. The Morgan fingerprint density at radius 3 is 1.76 bits per heavy atom. The van der Waals surface area contributed by atoms with Crippen LogP contribution in [0.4, 0.5) is 0 Å². The Balaban J connectivity index is 5.00. The number of rotatable bonds is 6. The van der Waals surface area contributed by atoms with Gasteiger partial charge in [-0.1, -0.05) is 0 Å². The van der Waals surface area contributed by atoms with Crippen LogP contribution in [0.2, 0.25) is 0 Å². The maximum absolute atomic E-state index is 11.5. The van der Waals surface area contributed by atoms with Crippen molar-refractivity contribution in [2.24, 2.45) is 0 Å². The molecule has 0 unspecified atom stereocenters. The van der Waals surface area contributed by atoms with Gasteiger partial charge in [-0.25, -0.2) is 4.79 Å². The van der Waals surface area contributed by atoms with Crippen LogP contribution in [0.1, 0.15) is 33.6 Å². The summed E-state index contributed by atoms with van der Waals surface area (Å²) in [5.41, 5.74) is 0.0964. The van der Waals surface area contributed by atoms with Gasteiger partial charge in [-0.15, -0.1) is 0 Å². The van der Waals surface area contributed by atoms with Crippen LogP contribution in [0.25, 0.3) is 0 Å². The average Bonchev–Trinajstić information content (AvgIpc) is 2.12. The molecule has 0 aliphatic carbocycles. The highest BCUT2D eigenvalue weighted by Crippen LogP contribution is 2.15. The van der Waals surface area contributed by atoms with Gasteiger partial charge in [0, 0.05) is 5.57 Å². The van der Waals surface area contributed by atoms with Crippen molar-refractivity contribution in [1.29, 1.82) is 0 Å². The van der Waals surface area contributed by atoms with Crippen LogP contribution < -0.4 is 0 Å². The van der Waals surface area contributed by atoms with Crippen molar-refractivity contribution >= 4 is 17.9 Å². The Bertz CT molecular complexity index is 335. The molecule has 0 fully saturated rings. The van der Waals surface area contributed by atoms with E-state index in [2.05, 4.69) is 0 Å². The predicted molar refractivity (Wildman–Crippen MR) is 58.4 cm³/mol. The lowest BCUT2D eigenvalue weighted by molar-refractivity contribution is -0.142. The number of aliphatic carboxylic acids is 2. The molecule has 96 valence electrons. The van der Waals surface area contributed by atoms with E-state index in [1.807, 2.05) is 0 Å². The molecule has 17 heavy (non-hydrogen) atoms. The van der Waals surface area contributed by atoms with Gasteiger partial charge in [0.1, 0.15) is 0 Å². The third kappa shape index (κ3) is 6.34. The van der Waals surface area contributed by atoms with E-state index in [4.69, 9.17) is 14.9 Å². The van der Waals surface area contributed by atoms with Crippen LogP contribution in [-0.4, -0.2) is 34.2 Å². The Morgan fingerprint density at radius 2 is 1.47 bits per heavy atom. The fourth-order valence-corrected chi connectivity index (χ4v) is 1.14. The number of carbonyl (C=O) groups is 3.